The average molecular weight is 479 g/mol. The molecule has 0 bridgehead atoms. The van der Waals surface area contributed by atoms with Crippen molar-refractivity contribution in [2.75, 3.05) is 18.7 Å². The average Bonchev–Trinajstić information content (AvgIpc) is 2.73. The minimum Gasteiger partial charge on any atom is -0.454 e. The predicted octanol–water partition coefficient (Wildman–Crippen LogP) is 4.04. The summed E-state index contributed by atoms with van der Waals surface area (Å²) in [5.74, 6) is -1.07. The number of anilines is 1. The van der Waals surface area contributed by atoms with Crippen LogP contribution >= 0.6 is 0 Å². The lowest BCUT2D eigenvalue weighted by Crippen LogP contribution is -2.25. The van der Waals surface area contributed by atoms with Crippen molar-refractivity contribution in [3.05, 3.63) is 48.0 Å². The van der Waals surface area contributed by atoms with E-state index in [4.69, 9.17) is 19.3 Å². The first kappa shape index (κ1) is 26.1. The molecule has 3 N–H and O–H groups in total. The van der Waals surface area contributed by atoms with Crippen molar-refractivity contribution in [3.8, 4) is 11.5 Å². The second-order valence-corrected chi connectivity index (χ2v) is 9.85. The van der Waals surface area contributed by atoms with Gasteiger partial charge >= 0.3 is 11.9 Å². The molecule has 0 atom stereocenters. The summed E-state index contributed by atoms with van der Waals surface area (Å²) in [6, 6.07) is 11.1. The van der Waals surface area contributed by atoms with E-state index < -0.39 is 34.2 Å². The first-order valence-corrected chi connectivity index (χ1v) is 12.0. The van der Waals surface area contributed by atoms with Crippen molar-refractivity contribution < 1.29 is 32.2 Å². The number of nitrogens with two attached hydrogens (primary N) is 1. The van der Waals surface area contributed by atoms with E-state index in [1.54, 1.807) is 51.1 Å². The number of carbonyl (C=O) groups excluding carboxylic acids is 2. The number of nitrogens with one attached hydrogen (secondary N) is 1. The van der Waals surface area contributed by atoms with E-state index in [0.29, 0.717) is 12.3 Å². The van der Waals surface area contributed by atoms with E-state index in [0.717, 1.165) is 18.9 Å². The largest absolute Gasteiger partial charge is 0.454 e. The van der Waals surface area contributed by atoms with Gasteiger partial charge in [0, 0.05) is 6.54 Å². The maximum Gasteiger partial charge on any atom is 0.341 e. The Morgan fingerprint density at radius 3 is 2.30 bits per heavy atom. The smallest absolute Gasteiger partial charge is 0.341 e. The number of hydrogen-bond donors (Lipinski definition) is 2. The molecule has 180 valence electrons. The van der Waals surface area contributed by atoms with Crippen LogP contribution < -0.4 is 15.2 Å². The Balaban J connectivity index is 2.40. The molecular formula is C23H30N2O7S. The zero-order chi connectivity index (χ0) is 24.6. The van der Waals surface area contributed by atoms with Gasteiger partial charge in [-0.2, -0.15) is 0 Å². The lowest BCUT2D eigenvalue weighted by molar-refractivity contribution is -0.161. The number of ether oxygens (including phenoxy) is 3. The molecule has 2 rings (SSSR count). The van der Waals surface area contributed by atoms with Crippen LogP contribution in [-0.4, -0.2) is 33.7 Å². The SMILES string of the molecule is CCCCNc1cc(C(=O)OCOC(=O)C(C)(C)C)cc(S(N)(=O)=O)c1Oc1ccccc1. The van der Waals surface area contributed by atoms with Crippen LogP contribution in [0, 0.1) is 5.41 Å². The minimum absolute atomic E-state index is 0.0319. The summed E-state index contributed by atoms with van der Waals surface area (Å²) in [6.45, 7) is 6.89. The molecule has 33 heavy (non-hydrogen) atoms. The molecule has 0 saturated heterocycles. The number of carbonyl (C=O) groups is 2. The summed E-state index contributed by atoms with van der Waals surface area (Å²) >= 11 is 0. The van der Waals surface area contributed by atoms with Gasteiger partial charge in [0.2, 0.25) is 16.8 Å². The number of sulfonamides is 1. The summed E-state index contributed by atoms with van der Waals surface area (Å²) in [5.41, 5.74) is -0.595. The first-order valence-electron chi connectivity index (χ1n) is 10.5. The van der Waals surface area contributed by atoms with Gasteiger partial charge in [0.1, 0.15) is 10.6 Å². The molecule has 0 aromatic heterocycles. The van der Waals surface area contributed by atoms with Crippen molar-refractivity contribution >= 4 is 27.6 Å². The molecule has 0 heterocycles. The quantitative estimate of drug-likeness (QED) is 0.297. The third kappa shape index (κ3) is 7.76. The summed E-state index contributed by atoms with van der Waals surface area (Å²) in [6.07, 6.45) is 1.69. The monoisotopic (exact) mass is 478 g/mol. The standard InChI is InChI=1S/C23H30N2O7S/c1-5-6-12-25-18-13-16(21(26)30-15-31-22(27)23(2,3)4)14-19(33(24,28)29)20(18)32-17-10-8-7-9-11-17/h7-11,13-14,25H,5-6,12,15H2,1-4H3,(H2,24,28,29). The lowest BCUT2D eigenvalue weighted by Gasteiger charge is -2.18. The molecule has 0 amide bonds. The highest BCUT2D eigenvalue weighted by Gasteiger charge is 2.26. The van der Waals surface area contributed by atoms with Crippen LogP contribution in [0.5, 0.6) is 11.5 Å². The van der Waals surface area contributed by atoms with Gasteiger partial charge in [0.25, 0.3) is 0 Å². The molecule has 0 aliphatic carbocycles. The van der Waals surface area contributed by atoms with E-state index >= 15 is 0 Å². The molecule has 9 nitrogen and oxygen atoms in total. The van der Waals surface area contributed by atoms with Crippen LogP contribution in [0.15, 0.2) is 47.4 Å². The number of rotatable bonds is 10. The maximum absolute atomic E-state index is 12.6. The maximum atomic E-state index is 12.6. The molecule has 0 saturated carbocycles. The van der Waals surface area contributed by atoms with Gasteiger partial charge in [-0.05, 0) is 51.5 Å². The zero-order valence-corrected chi connectivity index (χ0v) is 20.0. The Morgan fingerprint density at radius 1 is 1.06 bits per heavy atom. The third-order valence-corrected chi connectivity index (χ3v) is 5.31. The molecule has 0 unspecified atom stereocenters. The first-order chi connectivity index (χ1) is 15.4. The van der Waals surface area contributed by atoms with E-state index in [1.165, 1.54) is 6.07 Å². The van der Waals surface area contributed by atoms with Crippen LogP contribution in [0.4, 0.5) is 5.69 Å². The van der Waals surface area contributed by atoms with Crippen LogP contribution in [0.1, 0.15) is 50.9 Å². The molecule has 0 spiro atoms. The van der Waals surface area contributed by atoms with Crippen LogP contribution in [0.2, 0.25) is 0 Å². The van der Waals surface area contributed by atoms with Gasteiger partial charge < -0.3 is 19.5 Å². The van der Waals surface area contributed by atoms with Crippen molar-refractivity contribution in [1.29, 1.82) is 0 Å². The fourth-order valence-electron chi connectivity index (χ4n) is 2.61. The molecule has 0 aliphatic heterocycles. The summed E-state index contributed by atoms with van der Waals surface area (Å²) in [5, 5.41) is 8.53. The van der Waals surface area contributed by atoms with E-state index in [1.807, 2.05) is 6.92 Å². The van der Waals surface area contributed by atoms with Gasteiger partial charge in [0.05, 0.1) is 16.7 Å². The van der Waals surface area contributed by atoms with Crippen molar-refractivity contribution in [2.45, 2.75) is 45.4 Å². The van der Waals surface area contributed by atoms with Gasteiger partial charge in [-0.3, -0.25) is 4.79 Å². The lowest BCUT2D eigenvalue weighted by atomic mass is 9.98. The van der Waals surface area contributed by atoms with Gasteiger partial charge in [-0.1, -0.05) is 31.5 Å². The van der Waals surface area contributed by atoms with Crippen LogP contribution in [0.3, 0.4) is 0 Å². The van der Waals surface area contributed by atoms with Crippen molar-refractivity contribution in [2.24, 2.45) is 10.6 Å². The fraction of sp³-hybridized carbons (Fsp3) is 0.391. The summed E-state index contributed by atoms with van der Waals surface area (Å²) in [4.78, 5) is 24.1. The fourth-order valence-corrected chi connectivity index (χ4v) is 3.31. The molecule has 10 heteroatoms. The Labute approximate surface area is 194 Å². The van der Waals surface area contributed by atoms with E-state index in [9.17, 15) is 18.0 Å². The van der Waals surface area contributed by atoms with Crippen LogP contribution in [-0.2, 0) is 24.3 Å². The van der Waals surface area contributed by atoms with Crippen molar-refractivity contribution in [1.82, 2.24) is 0 Å². The third-order valence-electron chi connectivity index (χ3n) is 4.40. The Morgan fingerprint density at radius 2 is 1.73 bits per heavy atom. The van der Waals surface area contributed by atoms with E-state index in [-0.39, 0.29) is 21.9 Å². The molecule has 0 fully saturated rings. The summed E-state index contributed by atoms with van der Waals surface area (Å²) < 4.78 is 40.5. The molecule has 0 radical (unpaired) electrons. The topological polar surface area (TPSA) is 134 Å². The van der Waals surface area contributed by atoms with Gasteiger partial charge in [-0.15, -0.1) is 0 Å². The van der Waals surface area contributed by atoms with Gasteiger partial charge in [-0.25, -0.2) is 18.4 Å². The molecule has 2 aromatic carbocycles. The van der Waals surface area contributed by atoms with Gasteiger partial charge in [0.15, 0.2) is 5.75 Å². The molecule has 2 aromatic rings. The highest BCUT2D eigenvalue weighted by molar-refractivity contribution is 7.89. The number of hydrogen-bond acceptors (Lipinski definition) is 8. The predicted molar refractivity (Wildman–Crippen MR) is 124 cm³/mol. The summed E-state index contributed by atoms with van der Waals surface area (Å²) in [7, 11) is -4.27. The molecule has 0 aliphatic rings. The number of unbranched alkanes of at least 4 members (excludes halogenated alkanes) is 1. The zero-order valence-electron chi connectivity index (χ0n) is 19.2. The number of benzene rings is 2. The normalized spacial score (nSPS) is 11.5. The minimum atomic E-state index is -4.27. The van der Waals surface area contributed by atoms with Crippen molar-refractivity contribution in [3.63, 3.8) is 0 Å². The number of esters is 2. The Kier molecular flexibility index (Phi) is 8.84. The second-order valence-electron chi connectivity index (χ2n) is 8.32. The van der Waals surface area contributed by atoms with Crippen LogP contribution in [0.25, 0.3) is 0 Å². The van der Waals surface area contributed by atoms with E-state index in [2.05, 4.69) is 5.32 Å². The number of primary sulfonamides is 1. The second kappa shape index (κ2) is 11.2. The highest BCUT2D eigenvalue weighted by Crippen LogP contribution is 2.37. The Bertz CT molecular complexity index is 1080. The Hall–Kier alpha value is -3.11. The highest BCUT2D eigenvalue weighted by atomic mass is 32.2. The number of para-hydroxylation sites is 1. The molecular weight excluding hydrogens is 448 g/mol.